The van der Waals surface area contributed by atoms with Gasteiger partial charge in [0.1, 0.15) is 6.54 Å². The normalized spacial score (nSPS) is 18.9. The molecule has 0 spiro atoms. The molecule has 1 amide bonds. The van der Waals surface area contributed by atoms with Crippen LogP contribution in [0.1, 0.15) is 19.8 Å². The minimum Gasteiger partial charge on any atom is -0.353 e. The fourth-order valence-corrected chi connectivity index (χ4v) is 3.54. The van der Waals surface area contributed by atoms with Gasteiger partial charge in [-0.2, -0.15) is 0 Å². The van der Waals surface area contributed by atoms with Crippen LogP contribution in [0.5, 0.6) is 0 Å². The van der Waals surface area contributed by atoms with Crippen LogP contribution < -0.4 is 5.32 Å². The van der Waals surface area contributed by atoms with Gasteiger partial charge in [-0.05, 0) is 44.1 Å². The van der Waals surface area contributed by atoms with Crippen LogP contribution in [0.4, 0.5) is 0 Å². The summed E-state index contributed by atoms with van der Waals surface area (Å²) in [7, 11) is 0. The lowest BCUT2D eigenvalue weighted by Crippen LogP contribution is -2.40. The van der Waals surface area contributed by atoms with Gasteiger partial charge in [0, 0.05) is 34.7 Å². The van der Waals surface area contributed by atoms with Gasteiger partial charge in [0.25, 0.3) is 0 Å². The second-order valence-corrected chi connectivity index (χ2v) is 6.25. The fourth-order valence-electron chi connectivity index (χ4n) is 3.31. The Labute approximate surface area is 136 Å². The minimum atomic E-state index is 0.0560. The smallest absolute Gasteiger partial charge is 0.239 e. The highest BCUT2D eigenvalue weighted by molar-refractivity contribution is 6.35. The second kappa shape index (κ2) is 6.71. The number of likely N-dealkylation sites (N-methyl/N-ethyl adjacent to an activating group) is 1. The molecule has 1 N–H and O–H groups in total. The molecule has 4 nitrogen and oxygen atoms in total. The average molecular weight is 320 g/mol. The van der Waals surface area contributed by atoms with E-state index in [1.54, 1.807) is 0 Å². The first-order chi connectivity index (χ1) is 10.7. The van der Waals surface area contributed by atoms with Crippen molar-refractivity contribution in [1.29, 1.82) is 0 Å². The van der Waals surface area contributed by atoms with Crippen molar-refractivity contribution in [3.63, 3.8) is 0 Å². The summed E-state index contributed by atoms with van der Waals surface area (Å²) >= 11 is 6.17. The molecule has 1 aromatic carbocycles. The SMILES string of the molecule is CCN1CCC[C@@H]1CNC(=O)Cn1ccc2c(Cl)cccc21. The summed E-state index contributed by atoms with van der Waals surface area (Å²) in [6.45, 7) is 5.46. The third kappa shape index (κ3) is 3.13. The van der Waals surface area contributed by atoms with Gasteiger partial charge in [-0.25, -0.2) is 0 Å². The van der Waals surface area contributed by atoms with Crippen LogP contribution in [0.15, 0.2) is 30.5 Å². The molecule has 2 aromatic rings. The van der Waals surface area contributed by atoms with E-state index in [0.717, 1.165) is 35.6 Å². The Bertz CT molecular complexity index is 667. The van der Waals surface area contributed by atoms with Gasteiger partial charge in [-0.3, -0.25) is 9.69 Å². The van der Waals surface area contributed by atoms with Crippen LogP contribution in [-0.2, 0) is 11.3 Å². The predicted octanol–water partition coefficient (Wildman–Crippen LogP) is 2.90. The summed E-state index contributed by atoms with van der Waals surface area (Å²) in [6.07, 6.45) is 4.33. The lowest BCUT2D eigenvalue weighted by Gasteiger charge is -2.22. The standard InChI is InChI=1S/C17H22ClN3O/c1-2-20-9-4-5-13(20)11-19-17(22)12-21-10-8-14-15(18)6-3-7-16(14)21/h3,6-8,10,13H,2,4-5,9,11-12H2,1H3,(H,19,22)/t13-/m1/s1. The van der Waals surface area contributed by atoms with E-state index in [2.05, 4.69) is 17.1 Å². The number of rotatable bonds is 5. The van der Waals surface area contributed by atoms with Crippen LogP contribution in [0, 0.1) is 0 Å². The van der Waals surface area contributed by atoms with Crippen LogP contribution in [-0.4, -0.2) is 41.1 Å². The van der Waals surface area contributed by atoms with E-state index in [9.17, 15) is 4.79 Å². The number of carbonyl (C=O) groups is 1. The number of hydrogen-bond acceptors (Lipinski definition) is 2. The lowest BCUT2D eigenvalue weighted by atomic mass is 10.2. The Morgan fingerprint density at radius 3 is 3.09 bits per heavy atom. The summed E-state index contributed by atoms with van der Waals surface area (Å²) in [5.74, 6) is 0.0560. The van der Waals surface area contributed by atoms with Crippen molar-refractivity contribution < 1.29 is 4.79 Å². The predicted molar refractivity (Wildman–Crippen MR) is 90.2 cm³/mol. The van der Waals surface area contributed by atoms with Crippen molar-refractivity contribution in [2.45, 2.75) is 32.4 Å². The molecule has 0 saturated carbocycles. The van der Waals surface area contributed by atoms with Gasteiger partial charge in [0.05, 0.1) is 0 Å². The molecule has 1 saturated heterocycles. The molecule has 0 aliphatic carbocycles. The highest BCUT2D eigenvalue weighted by Gasteiger charge is 2.23. The summed E-state index contributed by atoms with van der Waals surface area (Å²) < 4.78 is 1.95. The van der Waals surface area contributed by atoms with Crippen LogP contribution >= 0.6 is 11.6 Å². The Kier molecular flexibility index (Phi) is 4.69. The number of hydrogen-bond donors (Lipinski definition) is 1. The quantitative estimate of drug-likeness (QED) is 0.920. The zero-order valence-electron chi connectivity index (χ0n) is 12.9. The van der Waals surface area contributed by atoms with Crippen molar-refractivity contribution in [1.82, 2.24) is 14.8 Å². The molecule has 5 heteroatoms. The van der Waals surface area contributed by atoms with Gasteiger partial charge in [0.15, 0.2) is 0 Å². The summed E-state index contributed by atoms with van der Waals surface area (Å²) in [5.41, 5.74) is 0.999. The highest BCUT2D eigenvalue weighted by Crippen LogP contribution is 2.24. The second-order valence-electron chi connectivity index (χ2n) is 5.84. The lowest BCUT2D eigenvalue weighted by molar-refractivity contribution is -0.121. The number of carbonyl (C=O) groups excluding carboxylic acids is 1. The highest BCUT2D eigenvalue weighted by atomic mass is 35.5. The first-order valence-electron chi connectivity index (χ1n) is 7.93. The first kappa shape index (κ1) is 15.4. The summed E-state index contributed by atoms with van der Waals surface area (Å²) in [4.78, 5) is 14.6. The number of aromatic nitrogens is 1. The maximum absolute atomic E-state index is 12.2. The molecule has 0 radical (unpaired) electrons. The summed E-state index contributed by atoms with van der Waals surface area (Å²) in [6, 6.07) is 8.22. The monoisotopic (exact) mass is 319 g/mol. The molecule has 0 unspecified atom stereocenters. The maximum atomic E-state index is 12.2. The molecule has 1 aromatic heterocycles. The molecule has 22 heavy (non-hydrogen) atoms. The largest absolute Gasteiger partial charge is 0.353 e. The molecule has 1 aliphatic heterocycles. The Balaban J connectivity index is 1.60. The van der Waals surface area contributed by atoms with Crippen molar-refractivity contribution >= 4 is 28.4 Å². The number of fused-ring (bicyclic) bond motifs is 1. The number of amides is 1. The van der Waals surface area contributed by atoms with E-state index >= 15 is 0 Å². The van der Waals surface area contributed by atoms with Crippen molar-refractivity contribution in [3.05, 3.63) is 35.5 Å². The van der Waals surface area contributed by atoms with Crippen molar-refractivity contribution in [3.8, 4) is 0 Å². The van der Waals surface area contributed by atoms with Crippen LogP contribution in [0.3, 0.4) is 0 Å². The number of nitrogens with zero attached hydrogens (tertiary/aromatic N) is 2. The topological polar surface area (TPSA) is 37.3 Å². The Morgan fingerprint density at radius 2 is 2.27 bits per heavy atom. The van der Waals surface area contributed by atoms with E-state index in [1.807, 2.05) is 35.0 Å². The molecular weight excluding hydrogens is 298 g/mol. The molecule has 118 valence electrons. The first-order valence-corrected chi connectivity index (χ1v) is 8.31. The minimum absolute atomic E-state index is 0.0560. The number of likely N-dealkylation sites (tertiary alicyclic amines) is 1. The van der Waals surface area contributed by atoms with E-state index in [0.29, 0.717) is 12.6 Å². The molecule has 3 rings (SSSR count). The Morgan fingerprint density at radius 1 is 1.41 bits per heavy atom. The maximum Gasteiger partial charge on any atom is 0.239 e. The number of benzene rings is 1. The Hall–Kier alpha value is -1.52. The molecular formula is C17H22ClN3O. The summed E-state index contributed by atoms with van der Waals surface area (Å²) in [5, 5.41) is 4.79. The van der Waals surface area contributed by atoms with Gasteiger partial charge < -0.3 is 9.88 Å². The third-order valence-corrected chi connectivity index (χ3v) is 4.84. The molecule has 2 heterocycles. The zero-order chi connectivity index (χ0) is 15.5. The van der Waals surface area contributed by atoms with Crippen LogP contribution in [0.2, 0.25) is 5.02 Å². The zero-order valence-corrected chi connectivity index (χ0v) is 13.6. The fraction of sp³-hybridized carbons (Fsp3) is 0.471. The number of nitrogens with one attached hydrogen (secondary N) is 1. The third-order valence-electron chi connectivity index (χ3n) is 4.51. The van der Waals surface area contributed by atoms with Gasteiger partial charge >= 0.3 is 0 Å². The molecule has 1 aliphatic rings. The molecule has 0 bridgehead atoms. The van der Waals surface area contributed by atoms with Gasteiger partial charge in [0.2, 0.25) is 5.91 Å². The number of halogens is 1. The van der Waals surface area contributed by atoms with E-state index < -0.39 is 0 Å². The molecule has 1 atom stereocenters. The van der Waals surface area contributed by atoms with Crippen molar-refractivity contribution in [2.75, 3.05) is 19.6 Å². The van der Waals surface area contributed by atoms with E-state index in [1.165, 1.54) is 12.8 Å². The van der Waals surface area contributed by atoms with Crippen molar-refractivity contribution in [2.24, 2.45) is 0 Å². The van der Waals surface area contributed by atoms with Crippen LogP contribution in [0.25, 0.3) is 10.9 Å². The van der Waals surface area contributed by atoms with E-state index in [4.69, 9.17) is 11.6 Å². The average Bonchev–Trinajstić information content (AvgIpc) is 3.13. The molecule has 1 fully saturated rings. The van der Waals surface area contributed by atoms with Gasteiger partial charge in [-0.1, -0.05) is 24.6 Å². The van der Waals surface area contributed by atoms with E-state index in [-0.39, 0.29) is 5.91 Å². The van der Waals surface area contributed by atoms with Gasteiger partial charge in [-0.15, -0.1) is 0 Å².